The molecule has 0 aliphatic carbocycles. The van der Waals surface area contributed by atoms with Gasteiger partial charge in [-0.05, 0) is 32.0 Å². The highest BCUT2D eigenvalue weighted by molar-refractivity contribution is 5.46. The summed E-state index contributed by atoms with van der Waals surface area (Å²) in [5.41, 5.74) is 1.12. The van der Waals surface area contributed by atoms with Crippen LogP contribution in [0.25, 0.3) is 0 Å². The van der Waals surface area contributed by atoms with Crippen LogP contribution in [0.15, 0.2) is 18.2 Å². The van der Waals surface area contributed by atoms with Gasteiger partial charge in [0.2, 0.25) is 0 Å². The van der Waals surface area contributed by atoms with Gasteiger partial charge in [-0.25, -0.2) is 0 Å². The summed E-state index contributed by atoms with van der Waals surface area (Å²) in [5, 5.41) is 3.44. The van der Waals surface area contributed by atoms with Crippen LogP contribution in [0.1, 0.15) is 64.5 Å². The maximum atomic E-state index is 6.01. The van der Waals surface area contributed by atoms with E-state index in [-0.39, 0.29) is 6.04 Å². The number of hydrogen-bond acceptors (Lipinski definition) is 3. The average Bonchev–Trinajstić information content (AvgIpc) is 2.50. The fourth-order valence-corrected chi connectivity index (χ4v) is 2.55. The minimum Gasteiger partial charge on any atom is -0.496 e. The summed E-state index contributed by atoms with van der Waals surface area (Å²) in [6.45, 7) is 8.20. The molecule has 0 aromatic heterocycles. The van der Waals surface area contributed by atoms with Gasteiger partial charge in [0, 0.05) is 6.04 Å². The largest absolute Gasteiger partial charge is 0.496 e. The van der Waals surface area contributed by atoms with Crippen molar-refractivity contribution in [2.24, 2.45) is 0 Å². The molecule has 0 saturated heterocycles. The number of benzene rings is 1. The van der Waals surface area contributed by atoms with Gasteiger partial charge in [0.1, 0.15) is 11.5 Å². The predicted molar refractivity (Wildman–Crippen MR) is 89.3 cm³/mol. The molecule has 0 saturated carbocycles. The van der Waals surface area contributed by atoms with Crippen molar-refractivity contribution in [3.05, 3.63) is 23.8 Å². The fourth-order valence-electron chi connectivity index (χ4n) is 2.55. The maximum absolute atomic E-state index is 6.01. The Bertz CT molecular complexity index is 393. The molecule has 1 aromatic rings. The van der Waals surface area contributed by atoms with Crippen LogP contribution in [0.3, 0.4) is 0 Å². The minimum absolute atomic E-state index is 0.223. The Morgan fingerprint density at radius 3 is 2.43 bits per heavy atom. The Balaban J connectivity index is 2.63. The summed E-state index contributed by atoms with van der Waals surface area (Å²) in [7, 11) is 1.71. The molecule has 1 N–H and O–H groups in total. The molecule has 0 aliphatic rings. The van der Waals surface area contributed by atoms with Crippen LogP contribution in [0.5, 0.6) is 11.5 Å². The third kappa shape index (κ3) is 5.96. The zero-order valence-corrected chi connectivity index (χ0v) is 14.1. The number of methoxy groups -OCH3 is 1. The average molecular weight is 293 g/mol. The number of hydrogen-bond donors (Lipinski definition) is 1. The predicted octanol–water partition coefficient (Wildman–Crippen LogP) is 4.71. The van der Waals surface area contributed by atoms with Crippen LogP contribution in [0.4, 0.5) is 0 Å². The van der Waals surface area contributed by atoms with Crippen molar-refractivity contribution < 1.29 is 9.47 Å². The van der Waals surface area contributed by atoms with Crippen molar-refractivity contribution >= 4 is 0 Å². The van der Waals surface area contributed by atoms with E-state index >= 15 is 0 Å². The van der Waals surface area contributed by atoms with Crippen LogP contribution in [0, 0.1) is 0 Å². The van der Waals surface area contributed by atoms with E-state index in [9.17, 15) is 0 Å². The summed E-state index contributed by atoms with van der Waals surface area (Å²) >= 11 is 0. The second kappa shape index (κ2) is 10.5. The maximum Gasteiger partial charge on any atom is 0.127 e. The highest BCUT2D eigenvalue weighted by Gasteiger charge is 2.16. The molecule has 0 bridgehead atoms. The first-order chi connectivity index (χ1) is 10.2. The van der Waals surface area contributed by atoms with Gasteiger partial charge in [-0.1, -0.05) is 45.6 Å². The smallest absolute Gasteiger partial charge is 0.127 e. The number of nitrogens with one attached hydrogen (secondary N) is 1. The summed E-state index contributed by atoms with van der Waals surface area (Å²) in [6.07, 6.45) is 6.27. The lowest BCUT2D eigenvalue weighted by atomic mass is 10.1. The van der Waals surface area contributed by atoms with E-state index in [2.05, 4.69) is 26.1 Å². The van der Waals surface area contributed by atoms with E-state index in [4.69, 9.17) is 9.47 Å². The second-order valence-electron chi connectivity index (χ2n) is 5.41. The molecule has 0 heterocycles. The Morgan fingerprint density at radius 2 is 1.76 bits per heavy atom. The van der Waals surface area contributed by atoms with Gasteiger partial charge in [-0.3, -0.25) is 0 Å². The molecule has 3 heteroatoms. The Labute approximate surface area is 130 Å². The van der Waals surface area contributed by atoms with Gasteiger partial charge in [-0.15, -0.1) is 0 Å². The lowest BCUT2D eigenvalue weighted by molar-refractivity contribution is 0.295. The standard InChI is InChI=1S/C18H31NO2/c1-5-7-8-9-10-14-21-17-13-11-12-16(20-4)18(17)15(3)19-6-2/h11-13,15,19H,5-10,14H2,1-4H3. The lowest BCUT2D eigenvalue weighted by Crippen LogP contribution is -2.19. The highest BCUT2D eigenvalue weighted by Crippen LogP contribution is 2.34. The topological polar surface area (TPSA) is 30.5 Å². The highest BCUT2D eigenvalue weighted by atomic mass is 16.5. The van der Waals surface area contributed by atoms with E-state index in [1.165, 1.54) is 25.7 Å². The normalized spacial score (nSPS) is 12.2. The molecule has 1 aromatic carbocycles. The first-order valence-electron chi connectivity index (χ1n) is 8.27. The van der Waals surface area contributed by atoms with Crippen molar-refractivity contribution in [2.75, 3.05) is 20.3 Å². The Hall–Kier alpha value is -1.22. The van der Waals surface area contributed by atoms with Crippen molar-refractivity contribution in [2.45, 2.75) is 58.9 Å². The van der Waals surface area contributed by atoms with E-state index < -0.39 is 0 Å². The monoisotopic (exact) mass is 293 g/mol. The number of rotatable bonds is 11. The van der Waals surface area contributed by atoms with Crippen molar-refractivity contribution in [3.8, 4) is 11.5 Å². The SMILES string of the molecule is CCCCCCCOc1cccc(OC)c1C(C)NCC. The summed E-state index contributed by atoms with van der Waals surface area (Å²) in [5.74, 6) is 1.84. The van der Waals surface area contributed by atoms with E-state index in [1.807, 2.05) is 18.2 Å². The zero-order chi connectivity index (χ0) is 15.5. The van der Waals surface area contributed by atoms with E-state index in [0.717, 1.165) is 36.6 Å². The van der Waals surface area contributed by atoms with Crippen LogP contribution in [-0.4, -0.2) is 20.3 Å². The van der Waals surface area contributed by atoms with Crippen molar-refractivity contribution in [1.82, 2.24) is 5.32 Å². The van der Waals surface area contributed by atoms with Crippen molar-refractivity contribution in [1.29, 1.82) is 0 Å². The quantitative estimate of drug-likeness (QED) is 0.599. The summed E-state index contributed by atoms with van der Waals surface area (Å²) < 4.78 is 11.5. The summed E-state index contributed by atoms with van der Waals surface area (Å²) in [4.78, 5) is 0. The summed E-state index contributed by atoms with van der Waals surface area (Å²) in [6, 6.07) is 6.25. The third-order valence-corrected chi connectivity index (χ3v) is 3.69. The van der Waals surface area contributed by atoms with Crippen molar-refractivity contribution in [3.63, 3.8) is 0 Å². The third-order valence-electron chi connectivity index (χ3n) is 3.69. The van der Waals surface area contributed by atoms with Gasteiger partial charge >= 0.3 is 0 Å². The Morgan fingerprint density at radius 1 is 1.05 bits per heavy atom. The van der Waals surface area contributed by atoms with Gasteiger partial charge < -0.3 is 14.8 Å². The fraction of sp³-hybridized carbons (Fsp3) is 0.667. The number of unbranched alkanes of at least 4 members (excludes halogenated alkanes) is 4. The molecular weight excluding hydrogens is 262 g/mol. The van der Waals surface area contributed by atoms with Crippen LogP contribution in [0.2, 0.25) is 0 Å². The molecule has 1 unspecified atom stereocenters. The van der Waals surface area contributed by atoms with E-state index in [0.29, 0.717) is 0 Å². The van der Waals surface area contributed by atoms with Crippen LogP contribution >= 0.6 is 0 Å². The van der Waals surface area contributed by atoms with Gasteiger partial charge in [0.25, 0.3) is 0 Å². The molecule has 0 spiro atoms. The minimum atomic E-state index is 0.223. The molecule has 0 fully saturated rings. The second-order valence-corrected chi connectivity index (χ2v) is 5.41. The lowest BCUT2D eigenvalue weighted by Gasteiger charge is -2.20. The first-order valence-corrected chi connectivity index (χ1v) is 8.27. The molecule has 0 amide bonds. The molecular formula is C18H31NO2. The molecule has 0 aliphatic heterocycles. The molecule has 21 heavy (non-hydrogen) atoms. The van der Waals surface area contributed by atoms with E-state index in [1.54, 1.807) is 7.11 Å². The molecule has 3 nitrogen and oxygen atoms in total. The first kappa shape index (κ1) is 17.8. The van der Waals surface area contributed by atoms with Gasteiger partial charge in [-0.2, -0.15) is 0 Å². The van der Waals surface area contributed by atoms with Crippen LogP contribution < -0.4 is 14.8 Å². The molecule has 1 rings (SSSR count). The van der Waals surface area contributed by atoms with Gasteiger partial charge in [0.15, 0.2) is 0 Å². The Kier molecular flexibility index (Phi) is 8.91. The number of ether oxygens (including phenoxy) is 2. The zero-order valence-electron chi connectivity index (χ0n) is 14.1. The molecule has 1 atom stereocenters. The molecule has 120 valence electrons. The molecule has 0 radical (unpaired) electrons. The van der Waals surface area contributed by atoms with Crippen LogP contribution in [-0.2, 0) is 0 Å². The van der Waals surface area contributed by atoms with Gasteiger partial charge in [0.05, 0.1) is 19.3 Å².